The third kappa shape index (κ3) is 2.50. The molecule has 0 aromatic heterocycles. The van der Waals surface area contributed by atoms with Crippen LogP contribution in [0.4, 0.5) is 11.4 Å². The Kier molecular flexibility index (Phi) is 3.27. The molecule has 0 atom stereocenters. The topological polar surface area (TPSA) is 62.8 Å². The fourth-order valence-electron chi connectivity index (χ4n) is 2.30. The van der Waals surface area contributed by atoms with Crippen molar-refractivity contribution in [1.29, 1.82) is 0 Å². The van der Waals surface area contributed by atoms with Gasteiger partial charge in [-0.2, -0.15) is 4.94 Å². The van der Waals surface area contributed by atoms with Gasteiger partial charge < -0.3 is 10.1 Å². The first kappa shape index (κ1) is 12.3. The van der Waals surface area contributed by atoms with Crippen molar-refractivity contribution >= 4 is 17.3 Å². The summed E-state index contributed by atoms with van der Waals surface area (Å²) in [6, 6.07) is 5.67. The van der Waals surface area contributed by atoms with Crippen LogP contribution in [0.2, 0.25) is 0 Å². The van der Waals surface area contributed by atoms with Crippen LogP contribution in [-0.4, -0.2) is 32.2 Å². The summed E-state index contributed by atoms with van der Waals surface area (Å²) < 4.78 is 5.28. The minimum atomic E-state index is -0.0463. The van der Waals surface area contributed by atoms with Gasteiger partial charge in [0.15, 0.2) is 0 Å². The smallest absolute Gasteiger partial charge is 0.251 e. The van der Waals surface area contributed by atoms with Gasteiger partial charge >= 0.3 is 0 Å². The number of anilines is 2. The summed E-state index contributed by atoms with van der Waals surface area (Å²) in [4.78, 5) is 17.3. The SMILES string of the molecule is CN1ONc2ccc(C(=O)NC3CCOCC3)cc21. The molecule has 0 aliphatic carbocycles. The van der Waals surface area contributed by atoms with Gasteiger partial charge in [-0.25, -0.2) is 10.5 Å². The number of nitrogens with zero attached hydrogens (tertiary/aromatic N) is 1. The van der Waals surface area contributed by atoms with Crippen LogP contribution in [0.15, 0.2) is 18.2 Å². The second-order valence-corrected chi connectivity index (χ2v) is 4.78. The summed E-state index contributed by atoms with van der Waals surface area (Å²) in [5.74, 6) is -0.0463. The van der Waals surface area contributed by atoms with Crippen molar-refractivity contribution in [3.63, 3.8) is 0 Å². The quantitative estimate of drug-likeness (QED) is 0.842. The highest BCUT2D eigenvalue weighted by Crippen LogP contribution is 2.31. The maximum Gasteiger partial charge on any atom is 0.251 e. The van der Waals surface area contributed by atoms with Crippen molar-refractivity contribution in [3.05, 3.63) is 23.8 Å². The molecule has 6 nitrogen and oxygen atoms in total. The molecule has 2 aliphatic rings. The molecule has 2 aliphatic heterocycles. The number of carbonyl (C=O) groups excluding carboxylic acids is 1. The van der Waals surface area contributed by atoms with E-state index in [4.69, 9.17) is 9.68 Å². The van der Waals surface area contributed by atoms with Crippen LogP contribution < -0.4 is 15.9 Å². The van der Waals surface area contributed by atoms with Crippen molar-refractivity contribution in [2.75, 3.05) is 30.8 Å². The van der Waals surface area contributed by atoms with E-state index in [1.807, 2.05) is 12.1 Å². The van der Waals surface area contributed by atoms with Gasteiger partial charge in [-0.05, 0) is 31.0 Å². The average Bonchev–Trinajstić information content (AvgIpc) is 2.81. The number of carbonyl (C=O) groups is 1. The van der Waals surface area contributed by atoms with Crippen molar-refractivity contribution in [2.24, 2.45) is 0 Å². The zero-order valence-corrected chi connectivity index (χ0v) is 10.8. The minimum Gasteiger partial charge on any atom is -0.381 e. The molecule has 0 bridgehead atoms. The normalized spacial score (nSPS) is 18.9. The lowest BCUT2D eigenvalue weighted by Gasteiger charge is -2.23. The minimum absolute atomic E-state index is 0.0463. The van der Waals surface area contributed by atoms with Crippen LogP contribution in [-0.2, 0) is 9.68 Å². The predicted octanol–water partition coefficient (Wildman–Crippen LogP) is 1.30. The Balaban J connectivity index is 1.71. The van der Waals surface area contributed by atoms with Crippen molar-refractivity contribution < 1.29 is 14.5 Å². The maximum atomic E-state index is 12.2. The molecule has 1 aromatic carbocycles. The summed E-state index contributed by atoms with van der Waals surface area (Å²) in [5, 5.41) is 4.64. The molecule has 1 aromatic rings. The van der Waals surface area contributed by atoms with Gasteiger partial charge in [-0.1, -0.05) is 0 Å². The lowest BCUT2D eigenvalue weighted by molar-refractivity contribution is 0.0696. The Hall–Kier alpha value is -1.79. The number of amides is 1. The summed E-state index contributed by atoms with van der Waals surface area (Å²) in [6.07, 6.45) is 1.75. The lowest BCUT2D eigenvalue weighted by atomic mass is 10.1. The van der Waals surface area contributed by atoms with Crippen molar-refractivity contribution in [2.45, 2.75) is 18.9 Å². The number of hydrogen-bond donors (Lipinski definition) is 2. The van der Waals surface area contributed by atoms with Crippen LogP contribution in [0.1, 0.15) is 23.2 Å². The number of hydrogen-bond acceptors (Lipinski definition) is 5. The van der Waals surface area contributed by atoms with Gasteiger partial charge in [0, 0.05) is 31.9 Å². The molecular weight excluding hydrogens is 246 g/mol. The number of nitrogens with one attached hydrogen (secondary N) is 2. The third-order valence-electron chi connectivity index (χ3n) is 3.45. The highest BCUT2D eigenvalue weighted by atomic mass is 16.8. The first-order chi connectivity index (χ1) is 9.24. The third-order valence-corrected chi connectivity index (χ3v) is 3.45. The van der Waals surface area contributed by atoms with Gasteiger partial charge in [0.1, 0.15) is 0 Å². The molecule has 3 rings (SSSR count). The number of hydroxylamine groups is 1. The summed E-state index contributed by atoms with van der Waals surface area (Å²) >= 11 is 0. The molecule has 0 spiro atoms. The Morgan fingerprint density at radius 1 is 1.42 bits per heavy atom. The molecule has 19 heavy (non-hydrogen) atoms. The molecule has 6 heteroatoms. The lowest BCUT2D eigenvalue weighted by Crippen LogP contribution is -2.38. The Morgan fingerprint density at radius 2 is 2.21 bits per heavy atom. The van der Waals surface area contributed by atoms with Crippen LogP contribution in [0, 0.1) is 0 Å². The van der Waals surface area contributed by atoms with Crippen LogP contribution in [0.3, 0.4) is 0 Å². The fourth-order valence-corrected chi connectivity index (χ4v) is 2.30. The van der Waals surface area contributed by atoms with Crippen LogP contribution in [0.25, 0.3) is 0 Å². The van der Waals surface area contributed by atoms with Gasteiger partial charge in [0.2, 0.25) is 0 Å². The first-order valence-corrected chi connectivity index (χ1v) is 6.43. The second kappa shape index (κ2) is 5.07. The zero-order valence-electron chi connectivity index (χ0n) is 10.8. The highest BCUT2D eigenvalue weighted by Gasteiger charge is 2.21. The number of benzene rings is 1. The van der Waals surface area contributed by atoms with Gasteiger partial charge in [0.05, 0.1) is 11.4 Å². The molecule has 0 saturated carbocycles. The Labute approximate surface area is 111 Å². The molecule has 0 unspecified atom stereocenters. The second-order valence-electron chi connectivity index (χ2n) is 4.78. The molecule has 1 fully saturated rings. The standard InChI is InChI=1S/C13H17N3O3/c1-16-12-8-9(2-3-11(12)15-19-16)13(17)14-10-4-6-18-7-5-10/h2-3,8,10,15H,4-7H2,1H3,(H,14,17). The van der Waals surface area contributed by atoms with E-state index in [9.17, 15) is 4.79 Å². The fraction of sp³-hybridized carbons (Fsp3) is 0.462. The van der Waals surface area contributed by atoms with Gasteiger partial charge in [0.25, 0.3) is 5.91 Å². The predicted molar refractivity (Wildman–Crippen MR) is 70.9 cm³/mol. The van der Waals surface area contributed by atoms with Crippen LogP contribution >= 0.6 is 0 Å². The summed E-state index contributed by atoms with van der Waals surface area (Å²) in [5.41, 5.74) is 5.14. The zero-order chi connectivity index (χ0) is 13.2. The Morgan fingerprint density at radius 3 is 3.00 bits per heavy atom. The van der Waals surface area contributed by atoms with Gasteiger partial charge in [-0.3, -0.25) is 4.79 Å². The first-order valence-electron chi connectivity index (χ1n) is 6.43. The van der Waals surface area contributed by atoms with E-state index < -0.39 is 0 Å². The van der Waals surface area contributed by atoms with E-state index in [1.165, 1.54) is 0 Å². The van der Waals surface area contributed by atoms with E-state index >= 15 is 0 Å². The van der Waals surface area contributed by atoms with E-state index in [2.05, 4.69) is 10.8 Å². The molecule has 1 amide bonds. The maximum absolute atomic E-state index is 12.2. The van der Waals surface area contributed by atoms with Gasteiger partial charge in [-0.15, -0.1) is 0 Å². The van der Waals surface area contributed by atoms with E-state index in [-0.39, 0.29) is 11.9 Å². The largest absolute Gasteiger partial charge is 0.381 e. The Bertz CT molecular complexity index is 486. The summed E-state index contributed by atoms with van der Waals surface area (Å²) in [7, 11) is 1.79. The molecule has 102 valence electrons. The van der Waals surface area contributed by atoms with E-state index in [0.29, 0.717) is 5.56 Å². The van der Waals surface area contributed by atoms with Crippen molar-refractivity contribution in [1.82, 2.24) is 5.32 Å². The molecule has 2 N–H and O–H groups in total. The average molecular weight is 263 g/mol. The number of fused-ring (bicyclic) bond motifs is 1. The molecule has 1 saturated heterocycles. The van der Waals surface area contributed by atoms with Crippen LogP contribution in [0.5, 0.6) is 0 Å². The number of rotatable bonds is 2. The molecular formula is C13H17N3O3. The number of ether oxygens (including phenoxy) is 1. The highest BCUT2D eigenvalue weighted by molar-refractivity contribution is 5.96. The molecule has 0 radical (unpaired) electrons. The monoisotopic (exact) mass is 263 g/mol. The summed E-state index contributed by atoms with van der Waals surface area (Å²) in [6.45, 7) is 1.44. The van der Waals surface area contributed by atoms with Crippen molar-refractivity contribution in [3.8, 4) is 0 Å². The van der Waals surface area contributed by atoms with E-state index in [1.54, 1.807) is 18.2 Å². The van der Waals surface area contributed by atoms with E-state index in [0.717, 1.165) is 37.4 Å². The molecule has 2 heterocycles.